The molecule has 0 N–H and O–H groups in total. The Morgan fingerprint density at radius 3 is 2.61 bits per heavy atom. The minimum atomic E-state index is 0.228. The number of nitrogens with zero attached hydrogens (tertiary/aromatic N) is 6. The predicted molar refractivity (Wildman–Crippen MR) is 68.5 cm³/mol. The molecule has 0 radical (unpaired) electrons. The lowest BCUT2D eigenvalue weighted by molar-refractivity contribution is 0.768. The van der Waals surface area contributed by atoms with Gasteiger partial charge in [0.25, 0.3) is 0 Å². The van der Waals surface area contributed by atoms with Crippen LogP contribution in [0.4, 0.5) is 5.95 Å². The number of halogens is 1. The fourth-order valence-corrected chi connectivity index (χ4v) is 2.22. The average molecular weight is 265 g/mol. The first kappa shape index (κ1) is 11.4. The van der Waals surface area contributed by atoms with E-state index in [0.29, 0.717) is 11.8 Å². The third-order valence-electron chi connectivity index (χ3n) is 2.95. The molecule has 7 heteroatoms. The molecule has 1 saturated heterocycles. The van der Waals surface area contributed by atoms with E-state index < -0.39 is 0 Å². The number of anilines is 1. The minimum Gasteiger partial charge on any atom is -0.341 e. The first-order valence-corrected chi connectivity index (χ1v) is 6.26. The van der Waals surface area contributed by atoms with Crippen molar-refractivity contribution in [1.82, 2.24) is 24.7 Å². The van der Waals surface area contributed by atoms with Crippen LogP contribution in [0.25, 0.3) is 11.4 Å². The molecule has 94 valence electrons. The Hall–Kier alpha value is -1.69. The van der Waals surface area contributed by atoms with E-state index in [9.17, 15) is 0 Å². The van der Waals surface area contributed by atoms with Crippen molar-refractivity contribution in [1.29, 1.82) is 0 Å². The summed E-state index contributed by atoms with van der Waals surface area (Å²) in [6.07, 6.45) is 5.93. The number of aromatic nitrogens is 5. The Bertz CT molecular complexity index is 560. The first-order valence-electron chi connectivity index (χ1n) is 5.88. The lowest BCUT2D eigenvalue weighted by Gasteiger charge is -2.15. The summed E-state index contributed by atoms with van der Waals surface area (Å²) in [6.45, 7) is 1.96. The topological polar surface area (TPSA) is 59.7 Å². The van der Waals surface area contributed by atoms with Gasteiger partial charge in [0.2, 0.25) is 11.2 Å². The Balaban J connectivity index is 1.99. The zero-order valence-electron chi connectivity index (χ0n) is 10.0. The van der Waals surface area contributed by atoms with Crippen molar-refractivity contribution in [2.24, 2.45) is 7.05 Å². The van der Waals surface area contributed by atoms with Gasteiger partial charge in [-0.25, -0.2) is 0 Å². The molecule has 18 heavy (non-hydrogen) atoms. The van der Waals surface area contributed by atoms with Gasteiger partial charge in [0, 0.05) is 26.3 Å². The SMILES string of the molecule is Cn1cc(-c2nc(Cl)nc(N3CCCC3)n2)cn1. The molecule has 2 aromatic rings. The molecule has 6 nitrogen and oxygen atoms in total. The Morgan fingerprint density at radius 1 is 1.17 bits per heavy atom. The summed E-state index contributed by atoms with van der Waals surface area (Å²) < 4.78 is 1.71. The van der Waals surface area contributed by atoms with Crippen LogP contribution in [0.3, 0.4) is 0 Å². The molecule has 1 fully saturated rings. The highest BCUT2D eigenvalue weighted by Crippen LogP contribution is 2.21. The standard InChI is InChI=1S/C11H13ClN6/c1-17-7-8(6-13-17)9-14-10(12)16-11(15-9)18-4-2-3-5-18/h6-7H,2-5H2,1H3. The van der Waals surface area contributed by atoms with Crippen LogP contribution in [0.2, 0.25) is 5.28 Å². The quantitative estimate of drug-likeness (QED) is 0.823. The monoisotopic (exact) mass is 264 g/mol. The van der Waals surface area contributed by atoms with Crippen LogP contribution in [0.5, 0.6) is 0 Å². The van der Waals surface area contributed by atoms with Gasteiger partial charge in [0.15, 0.2) is 5.82 Å². The second kappa shape index (κ2) is 4.53. The van der Waals surface area contributed by atoms with Gasteiger partial charge in [-0.15, -0.1) is 0 Å². The molecular formula is C11H13ClN6. The van der Waals surface area contributed by atoms with Crippen LogP contribution in [0.15, 0.2) is 12.4 Å². The molecule has 0 amide bonds. The molecule has 3 heterocycles. The average Bonchev–Trinajstić information content (AvgIpc) is 2.98. The Morgan fingerprint density at radius 2 is 1.94 bits per heavy atom. The highest BCUT2D eigenvalue weighted by atomic mass is 35.5. The van der Waals surface area contributed by atoms with Crippen LogP contribution in [-0.2, 0) is 7.05 Å². The molecule has 0 spiro atoms. The largest absolute Gasteiger partial charge is 0.341 e. The van der Waals surface area contributed by atoms with Gasteiger partial charge < -0.3 is 4.90 Å². The van der Waals surface area contributed by atoms with Crippen molar-refractivity contribution >= 4 is 17.5 Å². The molecule has 1 aliphatic heterocycles. The highest BCUT2D eigenvalue weighted by molar-refractivity contribution is 6.28. The summed E-state index contributed by atoms with van der Waals surface area (Å²) in [7, 11) is 1.85. The predicted octanol–water partition coefficient (Wildman–Crippen LogP) is 1.53. The van der Waals surface area contributed by atoms with Crippen molar-refractivity contribution in [3.05, 3.63) is 17.7 Å². The van der Waals surface area contributed by atoms with Crippen molar-refractivity contribution in [3.8, 4) is 11.4 Å². The highest BCUT2D eigenvalue weighted by Gasteiger charge is 2.17. The molecule has 3 rings (SSSR count). The van der Waals surface area contributed by atoms with Crippen LogP contribution in [0.1, 0.15) is 12.8 Å². The summed E-state index contributed by atoms with van der Waals surface area (Å²) in [6, 6.07) is 0. The fourth-order valence-electron chi connectivity index (χ4n) is 2.06. The van der Waals surface area contributed by atoms with E-state index in [1.54, 1.807) is 10.9 Å². The van der Waals surface area contributed by atoms with Crippen LogP contribution >= 0.6 is 11.6 Å². The zero-order valence-corrected chi connectivity index (χ0v) is 10.8. The van der Waals surface area contributed by atoms with Gasteiger partial charge in [0.05, 0.1) is 11.8 Å². The molecule has 0 saturated carbocycles. The van der Waals surface area contributed by atoms with E-state index in [2.05, 4.69) is 25.0 Å². The summed E-state index contributed by atoms with van der Waals surface area (Å²) in [5, 5.41) is 4.34. The van der Waals surface area contributed by atoms with Gasteiger partial charge in [-0.05, 0) is 24.4 Å². The Labute approximate surface area is 110 Å². The Kier molecular flexibility index (Phi) is 2.87. The minimum absolute atomic E-state index is 0.228. The summed E-state index contributed by atoms with van der Waals surface area (Å²) in [5.74, 6) is 1.23. The first-order chi connectivity index (χ1) is 8.72. The van der Waals surface area contributed by atoms with Gasteiger partial charge in [-0.3, -0.25) is 4.68 Å². The van der Waals surface area contributed by atoms with Gasteiger partial charge in [0.1, 0.15) is 0 Å². The normalized spacial score (nSPS) is 15.3. The number of hydrogen-bond acceptors (Lipinski definition) is 5. The second-order valence-corrected chi connectivity index (χ2v) is 4.66. The zero-order chi connectivity index (χ0) is 12.5. The van der Waals surface area contributed by atoms with E-state index in [-0.39, 0.29) is 5.28 Å². The maximum absolute atomic E-state index is 5.97. The van der Waals surface area contributed by atoms with E-state index in [1.807, 2.05) is 13.2 Å². The molecule has 2 aromatic heterocycles. The van der Waals surface area contributed by atoms with E-state index >= 15 is 0 Å². The van der Waals surface area contributed by atoms with Gasteiger partial charge in [-0.2, -0.15) is 20.1 Å². The third-order valence-corrected chi connectivity index (χ3v) is 3.12. The van der Waals surface area contributed by atoms with Crippen molar-refractivity contribution < 1.29 is 0 Å². The smallest absolute Gasteiger partial charge is 0.230 e. The van der Waals surface area contributed by atoms with Crippen molar-refractivity contribution in [2.75, 3.05) is 18.0 Å². The lowest BCUT2D eigenvalue weighted by atomic mass is 10.3. The summed E-state index contributed by atoms with van der Waals surface area (Å²) in [5.41, 5.74) is 0.849. The molecule has 1 aliphatic rings. The number of rotatable bonds is 2. The summed E-state index contributed by atoms with van der Waals surface area (Å²) in [4.78, 5) is 14.9. The molecule has 0 aromatic carbocycles. The maximum Gasteiger partial charge on any atom is 0.230 e. The second-order valence-electron chi connectivity index (χ2n) is 4.32. The maximum atomic E-state index is 5.97. The molecule has 0 bridgehead atoms. The van der Waals surface area contributed by atoms with Crippen LogP contribution in [0, 0.1) is 0 Å². The van der Waals surface area contributed by atoms with Crippen LogP contribution in [-0.4, -0.2) is 37.8 Å². The van der Waals surface area contributed by atoms with E-state index in [0.717, 1.165) is 18.7 Å². The molecule has 0 aliphatic carbocycles. The molecule has 0 atom stereocenters. The molecular weight excluding hydrogens is 252 g/mol. The van der Waals surface area contributed by atoms with Gasteiger partial charge >= 0.3 is 0 Å². The molecule has 0 unspecified atom stereocenters. The lowest BCUT2D eigenvalue weighted by Crippen LogP contribution is -2.21. The van der Waals surface area contributed by atoms with E-state index in [4.69, 9.17) is 11.6 Å². The van der Waals surface area contributed by atoms with Crippen molar-refractivity contribution in [2.45, 2.75) is 12.8 Å². The number of hydrogen-bond donors (Lipinski definition) is 0. The number of aryl methyl sites for hydroxylation is 1. The third kappa shape index (κ3) is 2.15. The fraction of sp³-hybridized carbons (Fsp3) is 0.455. The van der Waals surface area contributed by atoms with Gasteiger partial charge in [-0.1, -0.05) is 0 Å². The van der Waals surface area contributed by atoms with E-state index in [1.165, 1.54) is 12.8 Å². The summed E-state index contributed by atoms with van der Waals surface area (Å²) >= 11 is 5.97. The van der Waals surface area contributed by atoms with Crippen molar-refractivity contribution in [3.63, 3.8) is 0 Å². The van der Waals surface area contributed by atoms with Crippen LogP contribution < -0.4 is 4.90 Å².